The Hall–Kier alpha value is -0.920. The van der Waals surface area contributed by atoms with Crippen molar-refractivity contribution in [2.45, 2.75) is 38.9 Å². The van der Waals surface area contributed by atoms with Crippen LogP contribution in [0.3, 0.4) is 0 Å². The minimum atomic E-state index is -0.111. The van der Waals surface area contributed by atoms with Gasteiger partial charge in [-0.15, -0.1) is 0 Å². The van der Waals surface area contributed by atoms with Crippen molar-refractivity contribution in [3.8, 4) is 0 Å². The first kappa shape index (κ1) is 9.63. The van der Waals surface area contributed by atoms with Crippen LogP contribution in [0.4, 0.5) is 0 Å². The zero-order valence-electron chi connectivity index (χ0n) is 9.28. The molecule has 0 radical (unpaired) electrons. The lowest BCUT2D eigenvalue weighted by Gasteiger charge is -2.36. The Morgan fingerprint density at radius 2 is 1.14 bits per heavy atom. The van der Waals surface area contributed by atoms with Crippen molar-refractivity contribution in [2.75, 3.05) is 0 Å². The van der Waals surface area contributed by atoms with Crippen LogP contribution in [0.2, 0.25) is 0 Å². The van der Waals surface area contributed by atoms with Crippen molar-refractivity contribution in [1.82, 2.24) is 0 Å². The Morgan fingerprint density at radius 3 is 1.36 bits per heavy atom. The van der Waals surface area contributed by atoms with Crippen molar-refractivity contribution in [3.63, 3.8) is 0 Å². The normalized spacial score (nSPS) is 36.9. The quantitative estimate of drug-likeness (QED) is 0.639. The fourth-order valence-electron chi connectivity index (χ4n) is 2.32. The molecule has 2 atom stereocenters. The van der Waals surface area contributed by atoms with Crippen LogP contribution in [0.25, 0.3) is 0 Å². The SMILES string of the molecule is CC1(C)OC=CC1C1C=COC1(C)C. The number of rotatable bonds is 1. The van der Waals surface area contributed by atoms with E-state index in [0.29, 0.717) is 11.8 Å². The summed E-state index contributed by atoms with van der Waals surface area (Å²) in [7, 11) is 0. The zero-order chi connectivity index (χ0) is 10.4. The molecular formula is C12H18O2. The molecule has 0 saturated heterocycles. The highest BCUT2D eigenvalue weighted by molar-refractivity contribution is 5.14. The maximum absolute atomic E-state index is 5.59. The van der Waals surface area contributed by atoms with E-state index < -0.39 is 0 Å². The van der Waals surface area contributed by atoms with Crippen LogP contribution >= 0.6 is 0 Å². The van der Waals surface area contributed by atoms with Crippen LogP contribution < -0.4 is 0 Å². The third-order valence-electron chi connectivity index (χ3n) is 3.31. The Morgan fingerprint density at radius 1 is 0.786 bits per heavy atom. The fraction of sp³-hybridized carbons (Fsp3) is 0.667. The molecule has 2 aliphatic heterocycles. The van der Waals surface area contributed by atoms with E-state index in [0.717, 1.165) is 0 Å². The lowest BCUT2D eigenvalue weighted by molar-refractivity contribution is -0.0251. The van der Waals surface area contributed by atoms with E-state index in [-0.39, 0.29) is 11.2 Å². The van der Waals surface area contributed by atoms with E-state index in [4.69, 9.17) is 9.47 Å². The van der Waals surface area contributed by atoms with Gasteiger partial charge in [0.1, 0.15) is 11.2 Å². The Labute approximate surface area is 85.6 Å². The molecule has 0 aromatic rings. The zero-order valence-corrected chi connectivity index (χ0v) is 9.28. The molecule has 0 amide bonds. The van der Waals surface area contributed by atoms with Crippen molar-refractivity contribution in [3.05, 3.63) is 24.7 Å². The molecule has 2 aliphatic rings. The third kappa shape index (κ3) is 1.33. The summed E-state index contributed by atoms with van der Waals surface area (Å²) in [5.74, 6) is 0.799. The summed E-state index contributed by atoms with van der Waals surface area (Å²) in [5.41, 5.74) is -0.222. The van der Waals surface area contributed by atoms with Crippen LogP contribution in [0, 0.1) is 11.8 Å². The predicted octanol–water partition coefficient (Wildman–Crippen LogP) is 2.86. The molecule has 78 valence electrons. The van der Waals surface area contributed by atoms with Gasteiger partial charge < -0.3 is 9.47 Å². The Bertz CT molecular complexity index is 257. The van der Waals surface area contributed by atoms with Gasteiger partial charge in [-0.2, -0.15) is 0 Å². The minimum Gasteiger partial charge on any atom is -0.495 e. The van der Waals surface area contributed by atoms with Crippen LogP contribution in [-0.4, -0.2) is 11.2 Å². The second kappa shape index (κ2) is 2.78. The van der Waals surface area contributed by atoms with E-state index in [1.54, 1.807) is 0 Å². The fourth-order valence-corrected chi connectivity index (χ4v) is 2.32. The summed E-state index contributed by atoms with van der Waals surface area (Å²) >= 11 is 0. The van der Waals surface area contributed by atoms with Gasteiger partial charge in [-0.25, -0.2) is 0 Å². The highest BCUT2D eigenvalue weighted by Gasteiger charge is 2.46. The van der Waals surface area contributed by atoms with Crippen molar-refractivity contribution in [2.24, 2.45) is 11.8 Å². The lowest BCUT2D eigenvalue weighted by Crippen LogP contribution is -2.41. The van der Waals surface area contributed by atoms with Gasteiger partial charge in [0.15, 0.2) is 0 Å². The van der Waals surface area contributed by atoms with Crippen LogP contribution in [-0.2, 0) is 9.47 Å². The number of hydrogen-bond acceptors (Lipinski definition) is 2. The number of ether oxygens (including phenoxy) is 2. The molecule has 2 rings (SSSR count). The van der Waals surface area contributed by atoms with E-state index in [9.17, 15) is 0 Å². The highest BCUT2D eigenvalue weighted by Crippen LogP contribution is 2.43. The van der Waals surface area contributed by atoms with Crippen molar-refractivity contribution >= 4 is 0 Å². The molecule has 2 nitrogen and oxygen atoms in total. The second-order valence-corrected chi connectivity index (χ2v) is 5.15. The second-order valence-electron chi connectivity index (χ2n) is 5.15. The Balaban J connectivity index is 2.23. The molecular weight excluding hydrogens is 176 g/mol. The molecule has 0 saturated carbocycles. The Kier molecular flexibility index (Phi) is 1.91. The van der Waals surface area contributed by atoms with Gasteiger partial charge in [0.2, 0.25) is 0 Å². The largest absolute Gasteiger partial charge is 0.495 e. The van der Waals surface area contributed by atoms with Crippen LogP contribution in [0.15, 0.2) is 24.7 Å². The first-order valence-electron chi connectivity index (χ1n) is 5.12. The molecule has 0 aromatic carbocycles. The van der Waals surface area contributed by atoms with Gasteiger partial charge in [0.25, 0.3) is 0 Å². The van der Waals surface area contributed by atoms with Gasteiger partial charge in [-0.3, -0.25) is 0 Å². The molecule has 0 spiro atoms. The van der Waals surface area contributed by atoms with E-state index in [1.165, 1.54) is 0 Å². The van der Waals surface area contributed by atoms with Gasteiger partial charge in [-0.1, -0.05) is 0 Å². The van der Waals surface area contributed by atoms with Gasteiger partial charge >= 0.3 is 0 Å². The van der Waals surface area contributed by atoms with Gasteiger partial charge in [-0.05, 0) is 39.8 Å². The lowest BCUT2D eigenvalue weighted by atomic mass is 9.74. The van der Waals surface area contributed by atoms with Crippen molar-refractivity contribution in [1.29, 1.82) is 0 Å². The molecule has 2 heterocycles. The predicted molar refractivity (Wildman–Crippen MR) is 55.6 cm³/mol. The highest BCUT2D eigenvalue weighted by atomic mass is 16.5. The summed E-state index contributed by atoms with van der Waals surface area (Å²) in [4.78, 5) is 0. The molecule has 0 N–H and O–H groups in total. The van der Waals surface area contributed by atoms with E-state index in [1.807, 2.05) is 12.5 Å². The van der Waals surface area contributed by atoms with Crippen molar-refractivity contribution < 1.29 is 9.47 Å². The monoisotopic (exact) mass is 194 g/mol. The topological polar surface area (TPSA) is 18.5 Å². The first-order valence-corrected chi connectivity index (χ1v) is 5.12. The summed E-state index contributed by atoms with van der Waals surface area (Å²) in [6.07, 6.45) is 7.91. The van der Waals surface area contributed by atoms with Gasteiger partial charge in [0, 0.05) is 11.8 Å². The minimum absolute atomic E-state index is 0.111. The molecule has 0 aliphatic carbocycles. The van der Waals surface area contributed by atoms with Crippen LogP contribution in [0.5, 0.6) is 0 Å². The molecule has 0 fully saturated rings. The summed E-state index contributed by atoms with van der Waals surface area (Å²) in [6, 6.07) is 0. The van der Waals surface area contributed by atoms with Gasteiger partial charge in [0.05, 0.1) is 12.5 Å². The smallest absolute Gasteiger partial charge is 0.110 e. The molecule has 2 heteroatoms. The molecule has 2 unspecified atom stereocenters. The maximum Gasteiger partial charge on any atom is 0.110 e. The van der Waals surface area contributed by atoms with Crippen LogP contribution in [0.1, 0.15) is 27.7 Å². The molecule has 14 heavy (non-hydrogen) atoms. The van der Waals surface area contributed by atoms with E-state index >= 15 is 0 Å². The molecule has 0 aromatic heterocycles. The standard InChI is InChI=1S/C12H18O2/c1-11(2)9(5-7-13-11)10-6-8-14-12(10,3)4/h5-10H,1-4H3. The summed E-state index contributed by atoms with van der Waals surface area (Å²) in [5, 5.41) is 0. The molecule has 0 bridgehead atoms. The summed E-state index contributed by atoms with van der Waals surface area (Å²) in [6.45, 7) is 8.50. The maximum atomic E-state index is 5.59. The first-order chi connectivity index (χ1) is 6.43. The number of hydrogen-bond donors (Lipinski definition) is 0. The average molecular weight is 194 g/mol. The third-order valence-corrected chi connectivity index (χ3v) is 3.31. The van der Waals surface area contributed by atoms with E-state index in [2.05, 4.69) is 39.8 Å². The summed E-state index contributed by atoms with van der Waals surface area (Å²) < 4.78 is 11.2. The average Bonchev–Trinajstić information content (AvgIpc) is 2.53.